The Morgan fingerprint density at radius 3 is 3.10 bits per heavy atom. The van der Waals surface area contributed by atoms with E-state index in [4.69, 9.17) is 9.84 Å². The summed E-state index contributed by atoms with van der Waals surface area (Å²) < 4.78 is 4.83. The fraction of sp³-hybridized carbons (Fsp3) is 0.600. The van der Waals surface area contributed by atoms with Crippen molar-refractivity contribution >= 4 is 12.3 Å². The molecule has 0 unspecified atom stereocenters. The van der Waals surface area contributed by atoms with Crippen molar-refractivity contribution in [3.63, 3.8) is 0 Å². The van der Waals surface area contributed by atoms with E-state index in [1.54, 1.807) is 0 Å². The molecule has 0 aliphatic heterocycles. The van der Waals surface area contributed by atoms with Gasteiger partial charge in [-0.05, 0) is 6.92 Å². The Morgan fingerprint density at radius 1 is 1.90 bits per heavy atom. The summed E-state index contributed by atoms with van der Waals surface area (Å²) in [7, 11) is 0. The van der Waals surface area contributed by atoms with E-state index < -0.39 is 6.09 Å². The molecule has 0 aromatic heterocycles. The molecule has 0 rings (SSSR count). The smallest absolute Gasteiger partial charge is 0.425 e. The number of hydrogen-bond donors (Lipinski definition) is 2. The van der Waals surface area contributed by atoms with Crippen LogP contribution in [0.5, 0.6) is 0 Å². The van der Waals surface area contributed by atoms with Gasteiger partial charge in [0.1, 0.15) is 0 Å². The van der Waals surface area contributed by atoms with Gasteiger partial charge in [0.05, 0.1) is 12.8 Å². The summed E-state index contributed by atoms with van der Waals surface area (Å²) in [5.74, 6) is 0. The largest absolute Gasteiger partial charge is 0.464 e. The lowest BCUT2D eigenvalue weighted by Crippen LogP contribution is -2.14. The van der Waals surface area contributed by atoms with Gasteiger partial charge in [0.15, 0.2) is 0 Å². The van der Waals surface area contributed by atoms with Gasteiger partial charge in [-0.3, -0.25) is 0 Å². The van der Waals surface area contributed by atoms with Gasteiger partial charge in [-0.1, -0.05) is 0 Å². The van der Waals surface area contributed by atoms with Crippen LogP contribution in [0.2, 0.25) is 0 Å². The molecule has 1 amide bonds. The number of carbonyl (C=O) groups is 1. The number of amides is 1. The molecule has 0 aromatic rings. The molecule has 0 bridgehead atoms. The maximum atomic E-state index is 9.77. The molecular weight excluding hydrogens is 136 g/mol. The fourth-order valence-corrected chi connectivity index (χ4v) is 0.309. The highest BCUT2D eigenvalue weighted by atomic mass is 16.5. The van der Waals surface area contributed by atoms with E-state index in [0.29, 0.717) is 13.2 Å². The number of rotatable bonds is 4. The van der Waals surface area contributed by atoms with Crippen LogP contribution in [-0.4, -0.2) is 30.6 Å². The molecule has 0 saturated heterocycles. The van der Waals surface area contributed by atoms with E-state index in [1.165, 1.54) is 6.21 Å². The first kappa shape index (κ1) is 8.90. The first-order valence-electron chi connectivity index (χ1n) is 2.85. The van der Waals surface area contributed by atoms with Crippen LogP contribution >= 0.6 is 0 Å². The maximum absolute atomic E-state index is 9.77. The van der Waals surface area contributed by atoms with E-state index in [2.05, 4.69) is 5.10 Å². The van der Waals surface area contributed by atoms with Crippen LogP contribution in [0.15, 0.2) is 5.10 Å². The molecule has 5 heteroatoms. The number of nitrogens with one attached hydrogen (secondary N) is 1. The van der Waals surface area contributed by atoms with Gasteiger partial charge in [0.2, 0.25) is 0 Å². The number of hydrogen-bond acceptors (Lipinski definition) is 3. The molecule has 0 spiro atoms. The lowest BCUT2D eigenvalue weighted by molar-refractivity contribution is 0.188. The third-order valence-electron chi connectivity index (χ3n) is 0.648. The highest BCUT2D eigenvalue weighted by Crippen LogP contribution is 1.67. The average Bonchev–Trinajstić information content (AvgIpc) is 1.87. The fourth-order valence-electron chi connectivity index (χ4n) is 0.309. The first-order chi connectivity index (χ1) is 4.77. The second kappa shape index (κ2) is 6.03. The van der Waals surface area contributed by atoms with Crippen LogP contribution in [0.3, 0.4) is 0 Å². The van der Waals surface area contributed by atoms with E-state index in [1.807, 2.05) is 12.3 Å². The van der Waals surface area contributed by atoms with Crippen LogP contribution < -0.4 is 5.43 Å². The molecule has 0 saturated carbocycles. The molecule has 5 nitrogen and oxygen atoms in total. The standard InChI is InChI=1S/C5H10N2O3/c1-2-10-4-3-6-7-5(8)9/h3,7H,2,4H2,1H3,(H,8,9)/b6-3-. The third-order valence-corrected chi connectivity index (χ3v) is 0.648. The van der Waals surface area contributed by atoms with Crippen molar-refractivity contribution in [2.45, 2.75) is 6.92 Å². The molecule has 2 N–H and O–H groups in total. The SMILES string of the molecule is CCOC/C=N\NC(=O)O. The lowest BCUT2D eigenvalue weighted by atomic mass is 10.8. The van der Waals surface area contributed by atoms with Crippen molar-refractivity contribution in [3.05, 3.63) is 0 Å². The second-order valence-electron chi connectivity index (χ2n) is 1.39. The highest BCUT2D eigenvalue weighted by Gasteiger charge is 1.85. The van der Waals surface area contributed by atoms with Gasteiger partial charge in [-0.25, -0.2) is 10.2 Å². The van der Waals surface area contributed by atoms with Gasteiger partial charge >= 0.3 is 6.09 Å². The van der Waals surface area contributed by atoms with Crippen LogP contribution in [0.25, 0.3) is 0 Å². The second-order valence-corrected chi connectivity index (χ2v) is 1.39. The van der Waals surface area contributed by atoms with E-state index in [9.17, 15) is 4.79 Å². The Labute approximate surface area is 58.7 Å². The molecule has 0 radical (unpaired) electrons. The molecule has 58 valence electrons. The van der Waals surface area contributed by atoms with Crippen molar-refractivity contribution < 1.29 is 14.6 Å². The monoisotopic (exact) mass is 146 g/mol. The predicted molar refractivity (Wildman–Crippen MR) is 36.1 cm³/mol. The lowest BCUT2D eigenvalue weighted by Gasteiger charge is -1.91. The zero-order valence-electron chi connectivity index (χ0n) is 5.70. The van der Waals surface area contributed by atoms with Gasteiger partial charge in [-0.15, -0.1) is 0 Å². The molecule has 0 atom stereocenters. The van der Waals surface area contributed by atoms with Gasteiger partial charge in [0.25, 0.3) is 0 Å². The van der Waals surface area contributed by atoms with Gasteiger partial charge in [0, 0.05) is 6.61 Å². The number of carboxylic acid groups (broad SMARTS) is 1. The van der Waals surface area contributed by atoms with Crippen molar-refractivity contribution in [1.82, 2.24) is 5.43 Å². The van der Waals surface area contributed by atoms with Gasteiger partial charge in [-0.2, -0.15) is 5.10 Å². The number of nitrogens with zero attached hydrogens (tertiary/aromatic N) is 1. The molecule has 0 aliphatic carbocycles. The summed E-state index contributed by atoms with van der Waals surface area (Å²) in [4.78, 5) is 9.77. The highest BCUT2D eigenvalue weighted by molar-refractivity contribution is 5.67. The van der Waals surface area contributed by atoms with Crippen LogP contribution in [0.4, 0.5) is 4.79 Å². The first-order valence-corrected chi connectivity index (χ1v) is 2.85. The summed E-state index contributed by atoms with van der Waals surface area (Å²) in [6.45, 7) is 2.77. The van der Waals surface area contributed by atoms with E-state index in [-0.39, 0.29) is 0 Å². The third kappa shape index (κ3) is 6.90. The minimum Gasteiger partial charge on any atom is -0.464 e. The maximum Gasteiger partial charge on any atom is 0.425 e. The summed E-state index contributed by atoms with van der Waals surface area (Å²) >= 11 is 0. The molecule has 10 heavy (non-hydrogen) atoms. The van der Waals surface area contributed by atoms with Crippen molar-refractivity contribution in [2.75, 3.05) is 13.2 Å². The normalized spacial score (nSPS) is 10.1. The van der Waals surface area contributed by atoms with Crippen LogP contribution in [0.1, 0.15) is 6.92 Å². The van der Waals surface area contributed by atoms with E-state index >= 15 is 0 Å². The molecular formula is C5H10N2O3. The molecule has 0 fully saturated rings. The Kier molecular flexibility index (Phi) is 5.36. The van der Waals surface area contributed by atoms with Crippen molar-refractivity contribution in [3.8, 4) is 0 Å². The summed E-state index contributed by atoms with van der Waals surface area (Å²) in [6.07, 6.45) is 0.171. The topological polar surface area (TPSA) is 70.9 Å². The quantitative estimate of drug-likeness (QED) is 0.340. The average molecular weight is 146 g/mol. The summed E-state index contributed by atoms with van der Waals surface area (Å²) in [5, 5.41) is 11.3. The van der Waals surface area contributed by atoms with E-state index in [0.717, 1.165) is 0 Å². The zero-order chi connectivity index (χ0) is 7.82. The number of ether oxygens (including phenoxy) is 1. The molecule has 0 heterocycles. The Hall–Kier alpha value is -1.10. The summed E-state index contributed by atoms with van der Waals surface area (Å²) in [6, 6.07) is 0. The van der Waals surface area contributed by atoms with Crippen LogP contribution in [-0.2, 0) is 4.74 Å². The zero-order valence-corrected chi connectivity index (χ0v) is 5.70. The number of hydrazone groups is 1. The Balaban J connectivity index is 3.12. The molecule has 0 aliphatic rings. The van der Waals surface area contributed by atoms with Crippen molar-refractivity contribution in [2.24, 2.45) is 5.10 Å². The minimum atomic E-state index is -1.17. The minimum absolute atomic E-state index is 0.330. The predicted octanol–water partition coefficient (Wildman–Crippen LogP) is 0.276. The van der Waals surface area contributed by atoms with Crippen molar-refractivity contribution in [1.29, 1.82) is 0 Å². The summed E-state index contributed by atoms with van der Waals surface area (Å²) in [5.41, 5.74) is 1.81. The Morgan fingerprint density at radius 2 is 2.60 bits per heavy atom. The van der Waals surface area contributed by atoms with Crippen LogP contribution in [0, 0.1) is 0 Å². The molecule has 0 aromatic carbocycles. The Bertz CT molecular complexity index is 124. The van der Waals surface area contributed by atoms with Gasteiger partial charge < -0.3 is 9.84 Å².